The maximum atomic E-state index is 9.12. The number of benzene rings is 2. The van der Waals surface area contributed by atoms with Gasteiger partial charge < -0.3 is 19.5 Å². The number of aryl methyl sites for hydroxylation is 1. The van der Waals surface area contributed by atoms with Gasteiger partial charge in [-0.3, -0.25) is 0 Å². The predicted molar refractivity (Wildman–Crippen MR) is 121 cm³/mol. The van der Waals surface area contributed by atoms with Gasteiger partial charge >= 0.3 is 0 Å². The monoisotopic (exact) mass is 418 g/mol. The average molecular weight is 419 g/mol. The molecular formula is C25H30N4O2. The Hall–Kier alpha value is -2.88. The molecule has 1 saturated heterocycles. The van der Waals surface area contributed by atoms with Crippen LogP contribution in [-0.2, 0) is 19.6 Å². The van der Waals surface area contributed by atoms with Crippen molar-refractivity contribution in [2.45, 2.75) is 38.8 Å². The van der Waals surface area contributed by atoms with Gasteiger partial charge in [0.2, 0.25) is 0 Å². The van der Waals surface area contributed by atoms with Gasteiger partial charge in [-0.05, 0) is 88.6 Å². The molecule has 1 N–H and O–H groups in total. The number of hydrogen-bond donors (Lipinski definition) is 1. The van der Waals surface area contributed by atoms with Crippen molar-refractivity contribution in [3.63, 3.8) is 0 Å². The minimum absolute atomic E-state index is 0.401. The molecule has 2 heterocycles. The Morgan fingerprint density at radius 3 is 2.84 bits per heavy atom. The van der Waals surface area contributed by atoms with E-state index in [2.05, 4.69) is 27.5 Å². The van der Waals surface area contributed by atoms with Crippen molar-refractivity contribution in [2.75, 3.05) is 27.2 Å². The van der Waals surface area contributed by atoms with Crippen molar-refractivity contribution in [3.8, 4) is 11.8 Å². The summed E-state index contributed by atoms with van der Waals surface area (Å²) < 4.78 is 12.0. The Morgan fingerprint density at radius 1 is 1.23 bits per heavy atom. The highest BCUT2D eigenvalue weighted by Crippen LogP contribution is 2.32. The van der Waals surface area contributed by atoms with Gasteiger partial charge in [-0.2, -0.15) is 5.26 Å². The van der Waals surface area contributed by atoms with Crippen molar-refractivity contribution < 1.29 is 9.26 Å². The summed E-state index contributed by atoms with van der Waals surface area (Å²) in [6.45, 7) is 3.34. The maximum absolute atomic E-state index is 9.12. The summed E-state index contributed by atoms with van der Waals surface area (Å²) in [5, 5.41) is 18.1. The number of aromatic nitrogens is 1. The molecule has 1 aliphatic heterocycles. The molecule has 6 nitrogen and oxygen atoms in total. The van der Waals surface area contributed by atoms with Crippen LogP contribution in [0.5, 0.6) is 5.75 Å². The number of hydrogen-bond acceptors (Lipinski definition) is 6. The van der Waals surface area contributed by atoms with Gasteiger partial charge in [0.1, 0.15) is 12.4 Å². The summed E-state index contributed by atoms with van der Waals surface area (Å²) in [4.78, 5) is 2.11. The predicted octanol–water partition coefficient (Wildman–Crippen LogP) is 4.27. The van der Waals surface area contributed by atoms with Crippen LogP contribution in [0, 0.1) is 17.2 Å². The topological polar surface area (TPSA) is 74.3 Å². The zero-order valence-electron chi connectivity index (χ0n) is 18.4. The highest BCUT2D eigenvalue weighted by Gasteiger charge is 2.19. The van der Waals surface area contributed by atoms with E-state index in [0.717, 1.165) is 65.4 Å². The molecule has 0 atom stereocenters. The van der Waals surface area contributed by atoms with Gasteiger partial charge in [-0.1, -0.05) is 17.3 Å². The molecule has 2 aromatic carbocycles. The summed E-state index contributed by atoms with van der Waals surface area (Å²) in [5.41, 5.74) is 4.48. The number of piperidine rings is 1. The Morgan fingerprint density at radius 2 is 2.06 bits per heavy atom. The van der Waals surface area contributed by atoms with E-state index < -0.39 is 0 Å². The van der Waals surface area contributed by atoms with Crippen LogP contribution in [0.4, 0.5) is 0 Å². The van der Waals surface area contributed by atoms with E-state index in [-0.39, 0.29) is 0 Å². The molecule has 6 heteroatoms. The summed E-state index contributed by atoms with van der Waals surface area (Å²) >= 11 is 0. The molecular weight excluding hydrogens is 388 g/mol. The first-order chi connectivity index (χ1) is 15.1. The minimum atomic E-state index is 0.401. The summed E-state index contributed by atoms with van der Waals surface area (Å²) in [5.74, 6) is 1.56. The molecule has 4 rings (SSSR count). The quantitative estimate of drug-likeness (QED) is 0.589. The molecule has 0 bridgehead atoms. The first kappa shape index (κ1) is 21.4. The van der Waals surface area contributed by atoms with Gasteiger partial charge in [0.15, 0.2) is 5.58 Å². The lowest BCUT2D eigenvalue weighted by molar-refractivity contribution is 0.294. The Balaban J connectivity index is 1.54. The first-order valence-electron chi connectivity index (χ1n) is 11.0. The smallest absolute Gasteiger partial charge is 0.175 e. The van der Waals surface area contributed by atoms with Gasteiger partial charge in [0.25, 0.3) is 0 Å². The van der Waals surface area contributed by atoms with E-state index in [1.807, 2.05) is 38.4 Å². The van der Waals surface area contributed by atoms with Gasteiger partial charge in [-0.15, -0.1) is 0 Å². The molecule has 0 spiro atoms. The second kappa shape index (κ2) is 9.95. The lowest BCUT2D eigenvalue weighted by Gasteiger charge is -2.21. The van der Waals surface area contributed by atoms with Gasteiger partial charge in [0.05, 0.1) is 22.9 Å². The van der Waals surface area contributed by atoms with E-state index in [1.165, 1.54) is 12.8 Å². The summed E-state index contributed by atoms with van der Waals surface area (Å²) in [7, 11) is 4.07. The third-order valence-corrected chi connectivity index (χ3v) is 5.95. The minimum Gasteiger partial charge on any atom is -0.488 e. The van der Waals surface area contributed by atoms with Crippen molar-refractivity contribution in [2.24, 2.45) is 5.92 Å². The van der Waals surface area contributed by atoms with E-state index in [4.69, 9.17) is 14.5 Å². The van der Waals surface area contributed by atoms with Crippen LogP contribution in [0.1, 0.15) is 41.6 Å². The second-order valence-corrected chi connectivity index (χ2v) is 8.62. The second-order valence-electron chi connectivity index (χ2n) is 8.62. The Kier molecular flexibility index (Phi) is 6.86. The largest absolute Gasteiger partial charge is 0.488 e. The fourth-order valence-corrected chi connectivity index (χ4v) is 4.28. The molecule has 3 aromatic rings. The zero-order chi connectivity index (χ0) is 21.6. The zero-order valence-corrected chi connectivity index (χ0v) is 18.4. The molecule has 31 heavy (non-hydrogen) atoms. The normalized spacial score (nSPS) is 14.8. The number of nitrogens with one attached hydrogen (secondary N) is 1. The number of nitriles is 1. The summed E-state index contributed by atoms with van der Waals surface area (Å²) in [6, 6.07) is 13.8. The number of nitrogens with zero attached hydrogens (tertiary/aromatic N) is 3. The maximum Gasteiger partial charge on any atom is 0.175 e. The van der Waals surface area contributed by atoms with Gasteiger partial charge in [-0.25, -0.2) is 0 Å². The van der Waals surface area contributed by atoms with E-state index >= 15 is 0 Å². The molecule has 0 amide bonds. The van der Waals surface area contributed by atoms with Crippen LogP contribution >= 0.6 is 0 Å². The van der Waals surface area contributed by atoms with E-state index in [1.54, 1.807) is 6.07 Å². The third kappa shape index (κ3) is 5.25. The first-order valence-corrected chi connectivity index (χ1v) is 11.0. The van der Waals surface area contributed by atoms with Crippen molar-refractivity contribution in [3.05, 3.63) is 58.8 Å². The van der Waals surface area contributed by atoms with Crippen LogP contribution in [0.3, 0.4) is 0 Å². The number of fused-ring (bicyclic) bond motifs is 1. The van der Waals surface area contributed by atoms with Crippen LogP contribution in [0.25, 0.3) is 11.0 Å². The van der Waals surface area contributed by atoms with Crippen LogP contribution in [-0.4, -0.2) is 37.2 Å². The molecule has 0 aliphatic carbocycles. The highest BCUT2D eigenvalue weighted by molar-refractivity contribution is 5.84. The standard InChI is InChI=1S/C25H30N4O2/c1-29(2)16-22-24(30-17-20-5-3-4-19(14-20)15-26)9-7-21-23(28-31-25(21)22)8-6-18-10-12-27-13-11-18/h3-5,7,9,14,18,27H,6,8,10-13,16-17H2,1-2H3. The molecule has 0 unspecified atom stereocenters. The highest BCUT2D eigenvalue weighted by atomic mass is 16.5. The van der Waals surface area contributed by atoms with Crippen LogP contribution < -0.4 is 10.1 Å². The summed E-state index contributed by atoms with van der Waals surface area (Å²) in [6.07, 6.45) is 4.58. The van der Waals surface area contributed by atoms with E-state index in [9.17, 15) is 0 Å². The Labute approximate surface area is 183 Å². The van der Waals surface area contributed by atoms with Crippen molar-refractivity contribution >= 4 is 11.0 Å². The van der Waals surface area contributed by atoms with Crippen LogP contribution in [0.2, 0.25) is 0 Å². The molecule has 1 aliphatic rings. The SMILES string of the molecule is CN(C)Cc1c(OCc2cccc(C#N)c2)ccc2c(CCC3CCNCC3)noc12. The van der Waals surface area contributed by atoms with Crippen molar-refractivity contribution in [1.82, 2.24) is 15.4 Å². The lowest BCUT2D eigenvalue weighted by Crippen LogP contribution is -2.27. The average Bonchev–Trinajstić information content (AvgIpc) is 3.21. The van der Waals surface area contributed by atoms with Gasteiger partial charge in [0, 0.05) is 11.9 Å². The number of ether oxygens (including phenoxy) is 1. The molecule has 0 radical (unpaired) electrons. The Bertz CT molecular complexity index is 1060. The third-order valence-electron chi connectivity index (χ3n) is 5.95. The van der Waals surface area contributed by atoms with E-state index in [0.29, 0.717) is 18.7 Å². The molecule has 1 aromatic heterocycles. The van der Waals surface area contributed by atoms with Crippen molar-refractivity contribution in [1.29, 1.82) is 5.26 Å². The fraction of sp³-hybridized carbons (Fsp3) is 0.440. The molecule has 162 valence electrons. The lowest BCUT2D eigenvalue weighted by atomic mass is 9.92. The number of rotatable bonds is 8. The fourth-order valence-electron chi connectivity index (χ4n) is 4.28. The molecule has 0 saturated carbocycles. The van der Waals surface area contributed by atoms with Crippen LogP contribution in [0.15, 0.2) is 40.9 Å². The molecule has 1 fully saturated rings.